The van der Waals surface area contributed by atoms with E-state index >= 15 is 0 Å². The van der Waals surface area contributed by atoms with Crippen molar-refractivity contribution in [3.63, 3.8) is 0 Å². The van der Waals surface area contributed by atoms with Crippen molar-refractivity contribution in [1.29, 1.82) is 0 Å². The molecule has 1 heterocycles. The van der Waals surface area contributed by atoms with Crippen molar-refractivity contribution in [2.45, 2.75) is 13.8 Å². The van der Waals surface area contributed by atoms with Crippen LogP contribution in [0.15, 0.2) is 40.9 Å². The Morgan fingerprint density at radius 2 is 1.90 bits per heavy atom. The van der Waals surface area contributed by atoms with Gasteiger partial charge in [-0.3, -0.25) is 10.1 Å². The summed E-state index contributed by atoms with van der Waals surface area (Å²) in [6, 6.07) is 11.0. The summed E-state index contributed by atoms with van der Waals surface area (Å²) in [4.78, 5) is 16.4. The number of aryl methyl sites for hydroxylation is 2. The highest BCUT2D eigenvalue weighted by Crippen LogP contribution is 2.16. The number of nitrogens with one attached hydrogen (secondary N) is 2. The fourth-order valence-electron chi connectivity index (χ4n) is 1.76. The fraction of sp³-hybridized carbons (Fsp3) is 0.133. The molecule has 0 bridgehead atoms. The van der Waals surface area contributed by atoms with Gasteiger partial charge in [-0.15, -0.1) is 0 Å². The minimum Gasteiger partial charge on any atom is -0.317 e. The Morgan fingerprint density at radius 3 is 2.57 bits per heavy atom. The maximum atomic E-state index is 12.1. The van der Waals surface area contributed by atoms with E-state index in [2.05, 4.69) is 31.5 Å². The molecule has 0 fully saturated rings. The van der Waals surface area contributed by atoms with Crippen LogP contribution in [-0.4, -0.2) is 16.0 Å². The minimum atomic E-state index is -0.237. The van der Waals surface area contributed by atoms with Crippen molar-refractivity contribution in [3.8, 4) is 0 Å². The first-order valence-corrected chi connectivity index (χ1v) is 7.48. The predicted molar refractivity (Wildman–Crippen MR) is 91.5 cm³/mol. The monoisotopic (exact) mass is 363 g/mol. The van der Waals surface area contributed by atoms with Crippen LogP contribution in [0, 0.1) is 13.8 Å². The van der Waals surface area contributed by atoms with Crippen molar-refractivity contribution in [1.82, 2.24) is 10.3 Å². The fourth-order valence-corrected chi connectivity index (χ4v) is 2.18. The molecule has 4 nitrogen and oxygen atoms in total. The second-order valence-electron chi connectivity index (χ2n) is 4.49. The van der Waals surface area contributed by atoms with Gasteiger partial charge in [-0.1, -0.05) is 18.2 Å². The summed E-state index contributed by atoms with van der Waals surface area (Å²) in [5.41, 5.74) is 2.34. The van der Waals surface area contributed by atoms with E-state index in [1.165, 1.54) is 0 Å². The average Bonchev–Trinajstić information content (AvgIpc) is 2.43. The van der Waals surface area contributed by atoms with Gasteiger partial charge < -0.3 is 5.32 Å². The second kappa shape index (κ2) is 6.78. The van der Waals surface area contributed by atoms with Gasteiger partial charge in [0.25, 0.3) is 5.91 Å². The molecule has 0 aliphatic heterocycles. The van der Waals surface area contributed by atoms with E-state index in [4.69, 9.17) is 12.2 Å². The Kier molecular flexibility index (Phi) is 5.03. The summed E-state index contributed by atoms with van der Waals surface area (Å²) in [5, 5.41) is 5.77. The first-order valence-electron chi connectivity index (χ1n) is 6.28. The van der Waals surface area contributed by atoms with Crippen LogP contribution in [0.1, 0.15) is 21.6 Å². The molecule has 0 atom stereocenters. The Morgan fingerprint density at radius 1 is 1.19 bits per heavy atom. The molecule has 1 aromatic carbocycles. The normalized spacial score (nSPS) is 10.0. The minimum absolute atomic E-state index is 0.220. The number of amides is 1. The zero-order chi connectivity index (χ0) is 15.4. The molecule has 1 amide bonds. The molecule has 0 saturated heterocycles. The van der Waals surface area contributed by atoms with Crippen LogP contribution >= 0.6 is 28.1 Å². The number of nitrogens with zero attached hydrogens (tertiary/aromatic N) is 1. The smallest absolute Gasteiger partial charge is 0.257 e. The summed E-state index contributed by atoms with van der Waals surface area (Å²) >= 11 is 8.52. The number of anilines is 1. The second-order valence-corrected chi connectivity index (χ2v) is 5.75. The first kappa shape index (κ1) is 15.6. The predicted octanol–water partition coefficient (Wildman–Crippen LogP) is 3.59. The van der Waals surface area contributed by atoms with Gasteiger partial charge in [0, 0.05) is 10.0 Å². The highest BCUT2D eigenvalue weighted by Gasteiger charge is 2.10. The number of hydrogen-bond donors (Lipinski definition) is 2. The lowest BCUT2D eigenvalue weighted by Gasteiger charge is -2.11. The highest BCUT2D eigenvalue weighted by molar-refractivity contribution is 9.10. The molecule has 0 spiro atoms. The Labute approximate surface area is 137 Å². The lowest BCUT2D eigenvalue weighted by atomic mass is 10.1. The number of aromatic nitrogens is 1. The van der Waals surface area contributed by atoms with E-state index in [0.717, 1.165) is 15.7 Å². The first-order chi connectivity index (χ1) is 9.97. The third-order valence-electron chi connectivity index (χ3n) is 2.88. The Hall–Kier alpha value is -1.79. The zero-order valence-electron chi connectivity index (χ0n) is 11.6. The van der Waals surface area contributed by atoms with Crippen molar-refractivity contribution in [2.24, 2.45) is 0 Å². The number of carbonyl (C=O) groups is 1. The molecule has 0 aliphatic carbocycles. The van der Waals surface area contributed by atoms with E-state index in [9.17, 15) is 4.79 Å². The topological polar surface area (TPSA) is 54.0 Å². The quantitative estimate of drug-likeness (QED) is 0.800. The average molecular weight is 364 g/mol. The van der Waals surface area contributed by atoms with Gasteiger partial charge in [0.1, 0.15) is 5.82 Å². The standard InChI is InChI=1S/C15H14BrN3OS/c1-9-5-3-4-6-11(9)14(20)19-15(21)18-13-8-7-12(16)10(2)17-13/h3-8H,1-2H3,(H2,17,18,19,20,21). The van der Waals surface area contributed by atoms with Crippen LogP contribution in [0.5, 0.6) is 0 Å². The molecule has 0 unspecified atom stereocenters. The lowest BCUT2D eigenvalue weighted by molar-refractivity contribution is 0.0977. The van der Waals surface area contributed by atoms with Crippen molar-refractivity contribution in [2.75, 3.05) is 5.32 Å². The van der Waals surface area contributed by atoms with E-state index in [-0.39, 0.29) is 11.0 Å². The number of hydrogen-bond acceptors (Lipinski definition) is 3. The molecule has 2 N–H and O–H groups in total. The van der Waals surface area contributed by atoms with Gasteiger partial charge in [0.05, 0.1) is 5.69 Å². The van der Waals surface area contributed by atoms with Crippen molar-refractivity contribution in [3.05, 3.63) is 57.7 Å². The summed E-state index contributed by atoms with van der Waals surface area (Å²) in [6.45, 7) is 3.76. The van der Waals surface area contributed by atoms with Gasteiger partial charge >= 0.3 is 0 Å². The molecule has 1 aromatic heterocycles. The van der Waals surface area contributed by atoms with Crippen molar-refractivity contribution < 1.29 is 4.79 Å². The molecule has 0 saturated carbocycles. The third-order valence-corrected chi connectivity index (χ3v) is 3.92. The molecule has 0 radical (unpaired) electrons. The van der Waals surface area contributed by atoms with Crippen LogP contribution in [0.3, 0.4) is 0 Å². The summed E-state index contributed by atoms with van der Waals surface area (Å²) in [7, 11) is 0. The van der Waals surface area contributed by atoms with Gasteiger partial charge in [-0.2, -0.15) is 0 Å². The molecular formula is C15H14BrN3OS. The number of thiocarbonyl (C=S) groups is 1. The molecule has 2 rings (SSSR count). The van der Waals surface area contributed by atoms with Crippen LogP contribution in [-0.2, 0) is 0 Å². The molecule has 21 heavy (non-hydrogen) atoms. The van der Waals surface area contributed by atoms with Crippen LogP contribution in [0.25, 0.3) is 0 Å². The number of benzene rings is 1. The summed E-state index contributed by atoms with van der Waals surface area (Å²) in [6.07, 6.45) is 0. The zero-order valence-corrected chi connectivity index (χ0v) is 14.0. The molecule has 6 heteroatoms. The molecule has 0 aliphatic rings. The summed E-state index contributed by atoms with van der Waals surface area (Å²) < 4.78 is 0.919. The Bertz CT molecular complexity index is 703. The Balaban J connectivity index is 2.03. The van der Waals surface area contributed by atoms with Gasteiger partial charge in [-0.05, 0) is 65.8 Å². The highest BCUT2D eigenvalue weighted by atomic mass is 79.9. The number of rotatable bonds is 2. The van der Waals surface area contributed by atoms with Crippen molar-refractivity contribution >= 4 is 45.0 Å². The van der Waals surface area contributed by atoms with Gasteiger partial charge in [0.15, 0.2) is 5.11 Å². The summed E-state index contributed by atoms with van der Waals surface area (Å²) in [5.74, 6) is 0.352. The van der Waals surface area contributed by atoms with E-state index < -0.39 is 0 Å². The maximum absolute atomic E-state index is 12.1. The third kappa shape index (κ3) is 4.09. The van der Waals surface area contributed by atoms with E-state index in [1.54, 1.807) is 12.1 Å². The van der Waals surface area contributed by atoms with E-state index in [1.807, 2.05) is 38.1 Å². The van der Waals surface area contributed by atoms with Gasteiger partial charge in [-0.25, -0.2) is 4.98 Å². The lowest BCUT2D eigenvalue weighted by Crippen LogP contribution is -2.34. The molecular weight excluding hydrogens is 350 g/mol. The van der Waals surface area contributed by atoms with Crippen LogP contribution < -0.4 is 10.6 Å². The molecule has 108 valence electrons. The SMILES string of the molecule is Cc1ccccc1C(=O)NC(=S)Nc1ccc(Br)c(C)n1. The number of pyridine rings is 1. The van der Waals surface area contributed by atoms with Crippen LogP contribution in [0.2, 0.25) is 0 Å². The maximum Gasteiger partial charge on any atom is 0.257 e. The molecule has 2 aromatic rings. The number of carbonyl (C=O) groups excluding carboxylic acids is 1. The van der Waals surface area contributed by atoms with Crippen LogP contribution in [0.4, 0.5) is 5.82 Å². The largest absolute Gasteiger partial charge is 0.317 e. The number of halogens is 1. The van der Waals surface area contributed by atoms with Gasteiger partial charge in [0.2, 0.25) is 0 Å². The van der Waals surface area contributed by atoms with E-state index in [0.29, 0.717) is 11.4 Å².